The van der Waals surface area contributed by atoms with Gasteiger partial charge in [0.2, 0.25) is 11.8 Å². The normalized spacial score (nSPS) is 16.9. The molecule has 1 aromatic heterocycles. The molecule has 0 spiro atoms. The van der Waals surface area contributed by atoms with Crippen LogP contribution in [0, 0.1) is 5.41 Å². The number of fused-ring (bicyclic) bond motifs is 1. The van der Waals surface area contributed by atoms with Crippen LogP contribution in [0.5, 0.6) is 0 Å². The maximum Gasteiger partial charge on any atom is 0.240 e. The minimum atomic E-state index is -0.0186. The molecule has 166 valence electrons. The average Bonchev–Trinajstić information content (AvgIpc) is 3.33. The molecule has 1 aromatic carbocycles. The second kappa shape index (κ2) is 9.09. The van der Waals surface area contributed by atoms with Crippen LogP contribution in [0.3, 0.4) is 0 Å². The number of anilines is 2. The molecule has 2 aliphatic heterocycles. The van der Waals surface area contributed by atoms with Gasteiger partial charge in [-0.25, -0.2) is 4.98 Å². The summed E-state index contributed by atoms with van der Waals surface area (Å²) in [6, 6.07) is 6.19. The third-order valence-electron chi connectivity index (χ3n) is 5.82. The Hall–Kier alpha value is -2.25. The van der Waals surface area contributed by atoms with Gasteiger partial charge >= 0.3 is 0 Å². The topological polar surface area (TPSA) is 65.5 Å². The van der Waals surface area contributed by atoms with Crippen LogP contribution >= 0.6 is 11.3 Å². The molecule has 2 aromatic rings. The van der Waals surface area contributed by atoms with Gasteiger partial charge in [-0.1, -0.05) is 33.3 Å². The SMILES string of the molecule is CC(C)(C)CC(=O)N1CCc2cc(-c3csc(NC(=O)CN4CCCCC4)n3)ccc21. The van der Waals surface area contributed by atoms with Gasteiger partial charge in [0.15, 0.2) is 5.13 Å². The van der Waals surface area contributed by atoms with Crippen molar-refractivity contribution in [3.63, 3.8) is 0 Å². The van der Waals surface area contributed by atoms with Gasteiger partial charge in [-0.3, -0.25) is 14.5 Å². The van der Waals surface area contributed by atoms with E-state index < -0.39 is 0 Å². The first-order valence-electron chi connectivity index (χ1n) is 11.2. The Kier molecular flexibility index (Phi) is 6.44. The minimum absolute atomic E-state index is 0.00440. The Morgan fingerprint density at radius 3 is 2.65 bits per heavy atom. The van der Waals surface area contributed by atoms with E-state index >= 15 is 0 Å². The van der Waals surface area contributed by atoms with Gasteiger partial charge < -0.3 is 10.2 Å². The van der Waals surface area contributed by atoms with E-state index in [4.69, 9.17) is 0 Å². The lowest BCUT2D eigenvalue weighted by Gasteiger charge is -2.25. The van der Waals surface area contributed by atoms with Crippen LogP contribution in [-0.4, -0.2) is 47.9 Å². The molecule has 0 unspecified atom stereocenters. The Morgan fingerprint density at radius 2 is 1.90 bits per heavy atom. The molecule has 4 rings (SSSR count). The third-order valence-corrected chi connectivity index (χ3v) is 6.58. The van der Waals surface area contributed by atoms with E-state index in [1.165, 1.54) is 36.2 Å². The fourth-order valence-corrected chi connectivity index (χ4v) is 5.05. The molecule has 1 fully saturated rings. The zero-order valence-corrected chi connectivity index (χ0v) is 19.6. The lowest BCUT2D eigenvalue weighted by atomic mass is 9.91. The summed E-state index contributed by atoms with van der Waals surface area (Å²) in [5, 5.41) is 5.57. The molecule has 0 aliphatic carbocycles. The molecule has 2 amide bonds. The van der Waals surface area contributed by atoms with Crippen molar-refractivity contribution in [3.05, 3.63) is 29.1 Å². The van der Waals surface area contributed by atoms with Crippen LogP contribution in [-0.2, 0) is 16.0 Å². The number of piperidine rings is 1. The number of thiazole rings is 1. The summed E-state index contributed by atoms with van der Waals surface area (Å²) < 4.78 is 0. The Labute approximate surface area is 188 Å². The standard InChI is InChI=1S/C24H32N4O2S/c1-24(2,3)14-22(30)28-12-9-18-13-17(7-8-20(18)28)19-16-31-23(25-19)26-21(29)15-27-10-5-4-6-11-27/h7-8,13,16H,4-6,9-12,14-15H2,1-3H3,(H,25,26,29). The molecule has 3 heterocycles. The highest BCUT2D eigenvalue weighted by Gasteiger charge is 2.28. The molecule has 31 heavy (non-hydrogen) atoms. The summed E-state index contributed by atoms with van der Waals surface area (Å²) in [5.74, 6) is 0.191. The lowest BCUT2D eigenvalue weighted by Crippen LogP contribution is -2.36. The predicted molar refractivity (Wildman–Crippen MR) is 127 cm³/mol. The predicted octanol–water partition coefficient (Wildman–Crippen LogP) is 4.56. The van der Waals surface area contributed by atoms with E-state index in [1.807, 2.05) is 22.4 Å². The third kappa shape index (κ3) is 5.52. The number of rotatable bonds is 5. The summed E-state index contributed by atoms with van der Waals surface area (Å²) in [7, 11) is 0. The Balaban J connectivity index is 1.40. The van der Waals surface area contributed by atoms with E-state index in [0.717, 1.165) is 43.0 Å². The second-order valence-electron chi connectivity index (χ2n) is 9.80. The largest absolute Gasteiger partial charge is 0.312 e. The average molecular weight is 441 g/mol. The van der Waals surface area contributed by atoms with Gasteiger partial charge in [0.05, 0.1) is 12.2 Å². The minimum Gasteiger partial charge on any atom is -0.312 e. The number of benzene rings is 1. The first-order chi connectivity index (χ1) is 14.8. The first-order valence-corrected chi connectivity index (χ1v) is 12.1. The van der Waals surface area contributed by atoms with E-state index in [0.29, 0.717) is 18.1 Å². The van der Waals surface area contributed by atoms with Crippen LogP contribution in [0.1, 0.15) is 52.0 Å². The monoisotopic (exact) mass is 440 g/mol. The maximum absolute atomic E-state index is 12.7. The number of nitrogens with one attached hydrogen (secondary N) is 1. The highest BCUT2D eigenvalue weighted by Crippen LogP contribution is 2.35. The smallest absolute Gasteiger partial charge is 0.240 e. The van der Waals surface area contributed by atoms with Crippen LogP contribution in [0.25, 0.3) is 11.3 Å². The number of likely N-dealkylation sites (tertiary alicyclic amines) is 1. The van der Waals surface area contributed by atoms with Crippen molar-refractivity contribution in [2.75, 3.05) is 36.4 Å². The van der Waals surface area contributed by atoms with Gasteiger partial charge in [0.25, 0.3) is 0 Å². The summed E-state index contributed by atoms with van der Waals surface area (Å²) in [5.41, 5.74) is 4.07. The number of hydrogen-bond acceptors (Lipinski definition) is 5. The van der Waals surface area contributed by atoms with Crippen LogP contribution in [0.2, 0.25) is 0 Å². The molecule has 0 saturated carbocycles. The molecule has 6 nitrogen and oxygen atoms in total. The summed E-state index contributed by atoms with van der Waals surface area (Å²) in [6.07, 6.45) is 5.01. The Morgan fingerprint density at radius 1 is 1.13 bits per heavy atom. The van der Waals surface area contributed by atoms with Crippen molar-refractivity contribution in [2.24, 2.45) is 5.41 Å². The van der Waals surface area contributed by atoms with Crippen molar-refractivity contribution in [2.45, 2.75) is 52.9 Å². The highest BCUT2D eigenvalue weighted by atomic mass is 32.1. The van der Waals surface area contributed by atoms with Gasteiger partial charge in [-0.05, 0) is 55.5 Å². The number of amides is 2. The van der Waals surface area contributed by atoms with Crippen molar-refractivity contribution in [1.82, 2.24) is 9.88 Å². The molecular formula is C24H32N4O2S. The summed E-state index contributed by atoms with van der Waals surface area (Å²) in [4.78, 5) is 33.8. The van der Waals surface area contributed by atoms with Crippen LogP contribution in [0.15, 0.2) is 23.6 Å². The summed E-state index contributed by atoms with van der Waals surface area (Å²) >= 11 is 1.45. The van der Waals surface area contributed by atoms with E-state index in [-0.39, 0.29) is 17.2 Å². The fraction of sp³-hybridized carbons (Fsp3) is 0.542. The fourth-order valence-electron chi connectivity index (χ4n) is 4.31. The van der Waals surface area contributed by atoms with E-state index in [1.54, 1.807) is 0 Å². The number of aromatic nitrogens is 1. The lowest BCUT2D eigenvalue weighted by molar-refractivity contribution is -0.120. The van der Waals surface area contributed by atoms with Crippen LogP contribution in [0.4, 0.5) is 10.8 Å². The molecule has 0 atom stereocenters. The molecule has 7 heteroatoms. The van der Waals surface area contributed by atoms with Crippen molar-refractivity contribution < 1.29 is 9.59 Å². The number of carbonyl (C=O) groups excluding carboxylic acids is 2. The zero-order valence-electron chi connectivity index (χ0n) is 18.7. The molecule has 0 radical (unpaired) electrons. The molecule has 0 bridgehead atoms. The number of hydrogen-bond donors (Lipinski definition) is 1. The van der Waals surface area contributed by atoms with Crippen molar-refractivity contribution >= 4 is 34.0 Å². The van der Waals surface area contributed by atoms with Gasteiger partial charge in [-0.15, -0.1) is 11.3 Å². The van der Waals surface area contributed by atoms with Gasteiger partial charge in [0, 0.05) is 29.6 Å². The zero-order chi connectivity index (χ0) is 22.0. The number of carbonyl (C=O) groups is 2. The molecule has 1 N–H and O–H groups in total. The highest BCUT2D eigenvalue weighted by molar-refractivity contribution is 7.14. The Bertz CT molecular complexity index is 957. The molecular weight excluding hydrogens is 408 g/mol. The van der Waals surface area contributed by atoms with Crippen molar-refractivity contribution in [1.29, 1.82) is 0 Å². The summed E-state index contributed by atoms with van der Waals surface area (Å²) in [6.45, 7) is 9.46. The quantitative estimate of drug-likeness (QED) is 0.740. The van der Waals surface area contributed by atoms with E-state index in [2.05, 4.69) is 42.0 Å². The van der Waals surface area contributed by atoms with Gasteiger partial charge in [0.1, 0.15) is 0 Å². The number of nitrogens with zero attached hydrogens (tertiary/aromatic N) is 3. The maximum atomic E-state index is 12.7. The van der Waals surface area contributed by atoms with Gasteiger partial charge in [-0.2, -0.15) is 0 Å². The van der Waals surface area contributed by atoms with Crippen molar-refractivity contribution in [3.8, 4) is 11.3 Å². The molecule has 2 aliphatic rings. The van der Waals surface area contributed by atoms with E-state index in [9.17, 15) is 9.59 Å². The molecule has 1 saturated heterocycles. The van der Waals surface area contributed by atoms with Crippen LogP contribution < -0.4 is 10.2 Å². The first kappa shape index (κ1) is 22.0. The second-order valence-corrected chi connectivity index (χ2v) is 10.7.